The van der Waals surface area contributed by atoms with Gasteiger partial charge in [0.2, 0.25) is 11.8 Å². The van der Waals surface area contributed by atoms with Crippen molar-refractivity contribution in [2.75, 3.05) is 86.6 Å². The molecule has 0 aliphatic carbocycles. The fourth-order valence-electron chi connectivity index (χ4n) is 10.6. The van der Waals surface area contributed by atoms with Crippen LogP contribution in [0.25, 0.3) is 0 Å². The molecule has 1 unspecified atom stereocenters. The summed E-state index contributed by atoms with van der Waals surface area (Å²) in [6, 6.07) is 1.69. The van der Waals surface area contributed by atoms with E-state index in [0.29, 0.717) is 18.4 Å². The Labute approximate surface area is 522 Å². The van der Waals surface area contributed by atoms with Gasteiger partial charge in [-0.1, -0.05) is 40.5 Å². The summed E-state index contributed by atoms with van der Waals surface area (Å²) in [5, 5.41) is 20.4. The number of likely N-dealkylation sites (N-methyl/N-ethyl adjacent to an activating group) is 4. The number of nitrogens with zero attached hydrogens (tertiary/aromatic N) is 8. The standard InChI is InChI=1S/C57H87N11O18P2S/c1-12-36(4)52(61-54(76)43-15-13-14-23-62(43)7)56(77)66(11)44(35(2)3)32-46(86-38(6)69)55-60-42(33-89-55)53(75)58-40(29-37(5)57(78)79)30-39-16-17-45(84-34-85-88(81,82)83)41(31-39)59-47(70)22-24-63(8)87(80,64(9)25-27-67-48(71)18-19-49(67)72)65(10)26-28-68-50(73)20-21-51(68)74/h16-21,31,33,35-37,40,43-44,46,52,81-83,88H,12-15,22-30,32,34H2,1-11H3,(H,58,75)(H,59,70)(H,61,76)(H,78,79)/t36-,37?,40+,43-,44+,46+,52+/m0/s1. The number of carbonyl (C=O) groups is 10. The van der Waals surface area contributed by atoms with Gasteiger partial charge in [0.05, 0.1) is 6.04 Å². The number of aliphatic carboxylic acids is 1. The molecule has 0 saturated carbocycles. The van der Waals surface area contributed by atoms with Crippen molar-refractivity contribution >= 4 is 92.0 Å². The normalized spacial score (nSPS) is 17.9. The molecule has 0 spiro atoms. The smallest absolute Gasteiger partial charge is 0.481 e. The van der Waals surface area contributed by atoms with Gasteiger partial charge in [0.25, 0.3) is 23.6 Å². The Morgan fingerprint density at radius 1 is 0.843 bits per heavy atom. The number of hydrogen-bond acceptors (Lipinski definition) is 20. The summed E-state index contributed by atoms with van der Waals surface area (Å²) in [6.45, 7) is 9.55. The number of carbonyl (C=O) groups excluding carboxylic acids is 9. The number of carboxylic acid groups (broad SMARTS) is 1. The van der Waals surface area contributed by atoms with E-state index in [2.05, 4.69) is 25.5 Å². The number of nitrogens with one attached hydrogen (secondary N) is 3. The first-order valence-electron chi connectivity index (χ1n) is 29.4. The van der Waals surface area contributed by atoms with Crippen LogP contribution in [0.15, 0.2) is 47.9 Å². The van der Waals surface area contributed by atoms with E-state index in [1.165, 1.54) is 72.6 Å². The van der Waals surface area contributed by atoms with Crippen molar-refractivity contribution in [3.8, 4) is 5.75 Å². The first-order chi connectivity index (χ1) is 41.7. The third kappa shape index (κ3) is 20.5. The number of thiazole rings is 1. The van der Waals surface area contributed by atoms with Gasteiger partial charge in [-0.25, -0.2) is 4.98 Å². The van der Waals surface area contributed by atoms with Crippen molar-refractivity contribution in [2.24, 2.45) is 17.8 Å². The topological polar surface area (TPSA) is 368 Å². The molecule has 7 N–H and O–H groups in total. The average molecular weight is 1310 g/mol. The first-order valence-corrected chi connectivity index (χ1v) is 33.6. The number of amides is 8. The number of imide groups is 2. The van der Waals surface area contributed by atoms with Crippen LogP contribution < -0.4 is 20.7 Å². The molecule has 8 amide bonds. The summed E-state index contributed by atoms with van der Waals surface area (Å²) in [5.74, 6) is -7.45. The Balaban J connectivity index is 1.36. The minimum atomic E-state index is -5.09. The molecule has 4 heterocycles. The number of aromatic nitrogens is 1. The Morgan fingerprint density at radius 2 is 1.43 bits per heavy atom. The van der Waals surface area contributed by atoms with Gasteiger partial charge in [-0.05, 0) is 52.4 Å². The van der Waals surface area contributed by atoms with E-state index >= 15 is 4.57 Å². The van der Waals surface area contributed by atoms with Crippen molar-refractivity contribution in [1.82, 2.24) is 49.2 Å². The molecule has 7 atom stereocenters. The second-order valence-corrected chi connectivity index (χ2v) is 28.4. The van der Waals surface area contributed by atoms with Crippen molar-refractivity contribution in [2.45, 2.75) is 123 Å². The maximum absolute atomic E-state index is 15.2. The summed E-state index contributed by atoms with van der Waals surface area (Å²) < 4.78 is 35.5. The van der Waals surface area contributed by atoms with Gasteiger partial charge in [0.1, 0.15) is 11.0 Å². The van der Waals surface area contributed by atoms with Gasteiger partial charge in [0, 0.05) is 82.3 Å². The van der Waals surface area contributed by atoms with Gasteiger partial charge in [-0.15, -0.1) is 11.3 Å². The Hall–Kier alpha value is -6.43. The summed E-state index contributed by atoms with van der Waals surface area (Å²) in [7, 11) is -1.03. The molecule has 1 fully saturated rings. The van der Waals surface area contributed by atoms with Crippen LogP contribution in [0, 0.1) is 17.8 Å². The number of esters is 1. The molecule has 1 saturated heterocycles. The number of anilines is 1. The third-order valence-electron chi connectivity index (χ3n) is 16.0. The molecule has 89 heavy (non-hydrogen) atoms. The van der Waals surface area contributed by atoms with Crippen molar-refractivity contribution in [3.05, 3.63) is 64.1 Å². The van der Waals surface area contributed by atoms with Crippen LogP contribution in [0.3, 0.4) is 0 Å². The predicted octanol–water partition coefficient (Wildman–Crippen LogP) is 2.91. The van der Waals surface area contributed by atoms with Crippen LogP contribution in [0.2, 0.25) is 0 Å². The van der Waals surface area contributed by atoms with E-state index in [1.807, 2.05) is 39.6 Å². The minimum absolute atomic E-state index is 0.0316. The summed E-state index contributed by atoms with van der Waals surface area (Å²) in [6.07, 6.45) is 6.15. The van der Waals surface area contributed by atoms with E-state index < -0.39 is 100 Å². The predicted molar refractivity (Wildman–Crippen MR) is 329 cm³/mol. The summed E-state index contributed by atoms with van der Waals surface area (Å²) >= 11 is 1.04. The molecule has 32 heteroatoms. The van der Waals surface area contributed by atoms with E-state index in [1.54, 1.807) is 11.9 Å². The SMILES string of the molecule is CC[C@H](C)[C@@H](NC(=O)[C@@H]1CCCCN1C)C(=O)N(C)[C@H](C[C@@H](OC(C)=O)c1nc(C(=O)N[C@@H](Cc2ccc(OCO[PH](O)(O)O)c(NC(=O)CCN(C)P(=O)(N(C)CCN3C(=O)C=CC3=O)N(C)CCN3C(=O)C=CC3=O)c2)CC(C)C(=O)O)cs1)C(C)C. The van der Waals surface area contributed by atoms with Gasteiger partial charge in [-0.2, -0.15) is 0 Å². The number of piperidine rings is 1. The quantitative estimate of drug-likeness (QED) is 0.0226. The Kier molecular flexibility index (Phi) is 27.2. The number of hydrogen-bond donors (Lipinski definition) is 7. The summed E-state index contributed by atoms with van der Waals surface area (Å²) in [4.78, 5) is 169. The van der Waals surface area contributed by atoms with E-state index in [-0.39, 0.29) is 110 Å². The number of ether oxygens (including phenoxy) is 2. The van der Waals surface area contributed by atoms with E-state index in [0.717, 1.165) is 64.8 Å². The van der Waals surface area contributed by atoms with Crippen molar-refractivity contribution in [3.63, 3.8) is 0 Å². The molecule has 3 aliphatic rings. The molecule has 494 valence electrons. The molecule has 1 aromatic carbocycles. The zero-order chi connectivity index (χ0) is 66.2. The molecular formula is C57H87N11O18P2S. The number of likely N-dealkylation sites (tertiary alicyclic amines) is 1. The van der Waals surface area contributed by atoms with Crippen molar-refractivity contribution in [1.29, 1.82) is 0 Å². The zero-order valence-corrected chi connectivity index (χ0v) is 55.0. The molecule has 3 aliphatic heterocycles. The molecule has 0 bridgehead atoms. The average Bonchev–Trinajstić information content (AvgIpc) is 2.66. The minimum Gasteiger partial charge on any atom is -0.481 e. The number of carboxylic acids is 1. The second kappa shape index (κ2) is 33.1. The molecule has 0 radical (unpaired) electrons. The molecule has 29 nitrogen and oxygen atoms in total. The van der Waals surface area contributed by atoms with Crippen molar-refractivity contribution < 1.29 is 86.3 Å². The van der Waals surface area contributed by atoms with Crippen LogP contribution in [-0.4, -0.2) is 223 Å². The Bertz CT molecular complexity index is 2920. The van der Waals surface area contributed by atoms with Crippen LogP contribution in [0.4, 0.5) is 5.69 Å². The van der Waals surface area contributed by atoms with Crippen LogP contribution in [-0.2, 0) is 63.4 Å². The second-order valence-electron chi connectivity index (χ2n) is 23.0. The van der Waals surface area contributed by atoms with E-state index in [9.17, 15) is 67.7 Å². The third-order valence-corrected chi connectivity index (χ3v) is 20.7. The summed E-state index contributed by atoms with van der Waals surface area (Å²) in [5.41, 5.74) is 0.294. The van der Waals surface area contributed by atoms with Crippen LogP contribution >= 0.6 is 27.1 Å². The number of rotatable bonds is 35. The van der Waals surface area contributed by atoms with Gasteiger partial charge < -0.3 is 20.1 Å². The fraction of sp³-hybridized carbons (Fsp3) is 0.596. The molecule has 1 aromatic heterocycles. The fourth-order valence-corrected chi connectivity index (χ4v) is 14.2. The zero-order valence-electron chi connectivity index (χ0n) is 52.3. The van der Waals surface area contributed by atoms with Gasteiger partial charge in [0.15, 0.2) is 6.10 Å². The van der Waals surface area contributed by atoms with Gasteiger partial charge >= 0.3 is 202 Å². The Morgan fingerprint density at radius 3 is 1.96 bits per heavy atom. The maximum atomic E-state index is 15.2. The number of benzene rings is 1. The van der Waals surface area contributed by atoms with Crippen LogP contribution in [0.5, 0.6) is 5.75 Å². The molecular weight excluding hydrogens is 1220 g/mol. The first kappa shape index (κ1) is 73.3. The monoisotopic (exact) mass is 1310 g/mol. The molecule has 2 aromatic rings. The molecule has 5 rings (SSSR count). The van der Waals surface area contributed by atoms with Gasteiger partial charge in [-0.3, -0.25) is 53.1 Å². The van der Waals surface area contributed by atoms with Crippen LogP contribution in [0.1, 0.15) is 114 Å². The van der Waals surface area contributed by atoms with E-state index in [4.69, 9.17) is 9.47 Å².